The van der Waals surface area contributed by atoms with Crippen molar-refractivity contribution in [3.63, 3.8) is 0 Å². The Morgan fingerprint density at radius 2 is 2.14 bits per heavy atom. The van der Waals surface area contributed by atoms with Gasteiger partial charge in [-0.25, -0.2) is 4.98 Å². The molecule has 3 N–H and O–H groups in total. The van der Waals surface area contributed by atoms with Crippen molar-refractivity contribution in [2.45, 2.75) is 12.7 Å². The number of anilines is 1. The summed E-state index contributed by atoms with van der Waals surface area (Å²) in [5, 5.41) is 6.18. The van der Waals surface area contributed by atoms with Gasteiger partial charge in [0.05, 0.1) is 17.7 Å². The Kier molecular flexibility index (Phi) is 3.83. The molecule has 0 aliphatic heterocycles. The van der Waals surface area contributed by atoms with Crippen LogP contribution in [-0.2, 0) is 12.7 Å². The van der Waals surface area contributed by atoms with Crippen molar-refractivity contribution in [3.8, 4) is 0 Å². The fraction of sp³-hybridized carbons (Fsp3) is 0.250. The molecule has 1 amide bonds. The van der Waals surface area contributed by atoms with E-state index in [0.717, 1.165) is 18.2 Å². The van der Waals surface area contributed by atoms with Gasteiger partial charge in [0.25, 0.3) is 5.91 Å². The topological polar surface area (TPSA) is 87.9 Å². The van der Waals surface area contributed by atoms with Gasteiger partial charge in [-0.15, -0.1) is 0 Å². The minimum Gasteiger partial charge on any atom is -0.398 e. The number of hydrogen-bond acceptors (Lipinski definition) is 4. The molecule has 21 heavy (non-hydrogen) atoms. The fourth-order valence-electron chi connectivity index (χ4n) is 1.73. The summed E-state index contributed by atoms with van der Waals surface area (Å²) in [5.41, 5.74) is 4.45. The van der Waals surface area contributed by atoms with Gasteiger partial charge >= 0.3 is 6.18 Å². The van der Waals surface area contributed by atoms with Crippen LogP contribution < -0.4 is 5.73 Å². The van der Waals surface area contributed by atoms with Gasteiger partial charge in [-0.1, -0.05) is 0 Å². The summed E-state index contributed by atoms with van der Waals surface area (Å²) in [6, 6.07) is 2.65. The van der Waals surface area contributed by atoms with Gasteiger partial charge < -0.3 is 10.6 Å². The van der Waals surface area contributed by atoms with Crippen LogP contribution in [0.1, 0.15) is 21.7 Å². The van der Waals surface area contributed by atoms with E-state index in [2.05, 4.69) is 15.2 Å². The Morgan fingerprint density at radius 1 is 1.43 bits per heavy atom. The van der Waals surface area contributed by atoms with E-state index in [9.17, 15) is 18.0 Å². The maximum atomic E-state index is 12.7. The first kappa shape index (κ1) is 14.8. The second kappa shape index (κ2) is 5.43. The molecule has 2 rings (SSSR count). The van der Waals surface area contributed by atoms with E-state index >= 15 is 0 Å². The molecular weight excluding hydrogens is 287 g/mol. The first-order chi connectivity index (χ1) is 9.79. The number of aromatic amines is 1. The van der Waals surface area contributed by atoms with Crippen molar-refractivity contribution >= 4 is 11.6 Å². The van der Waals surface area contributed by atoms with E-state index in [0.29, 0.717) is 5.82 Å². The number of carbonyl (C=O) groups is 1. The Hall–Kier alpha value is -2.58. The molecule has 0 atom stereocenters. The number of nitrogen functional groups attached to an aromatic ring is 1. The second-order valence-corrected chi connectivity index (χ2v) is 4.39. The van der Waals surface area contributed by atoms with Crippen molar-refractivity contribution in [2.75, 3.05) is 12.8 Å². The van der Waals surface area contributed by atoms with Crippen LogP contribution in [0.3, 0.4) is 0 Å². The van der Waals surface area contributed by atoms with E-state index in [-0.39, 0.29) is 17.8 Å². The average Bonchev–Trinajstić information content (AvgIpc) is 2.90. The van der Waals surface area contributed by atoms with Gasteiger partial charge in [0.15, 0.2) is 0 Å². The predicted octanol–water partition coefficient (Wildman–Crippen LogP) is 1.68. The molecule has 0 spiro atoms. The SMILES string of the molecule is CN(Cc1ncn[nH]1)C(=O)c1cc(C(F)(F)F)ccc1N. The molecule has 2 aromatic rings. The number of hydrogen-bond donors (Lipinski definition) is 2. The third kappa shape index (κ3) is 3.30. The first-order valence-electron chi connectivity index (χ1n) is 5.85. The largest absolute Gasteiger partial charge is 0.416 e. The quantitative estimate of drug-likeness (QED) is 0.844. The maximum Gasteiger partial charge on any atom is 0.416 e. The Balaban J connectivity index is 2.26. The molecule has 1 heterocycles. The second-order valence-electron chi connectivity index (χ2n) is 4.39. The smallest absolute Gasteiger partial charge is 0.398 e. The summed E-state index contributed by atoms with van der Waals surface area (Å²) >= 11 is 0. The van der Waals surface area contributed by atoms with E-state index in [4.69, 9.17) is 5.73 Å². The van der Waals surface area contributed by atoms with Gasteiger partial charge in [0.1, 0.15) is 12.2 Å². The fourth-order valence-corrected chi connectivity index (χ4v) is 1.73. The molecule has 0 unspecified atom stereocenters. The number of rotatable bonds is 3. The number of aromatic nitrogens is 3. The Morgan fingerprint density at radius 3 is 2.71 bits per heavy atom. The lowest BCUT2D eigenvalue weighted by molar-refractivity contribution is -0.137. The number of amides is 1. The number of alkyl halides is 3. The van der Waals surface area contributed by atoms with Crippen LogP contribution in [0.25, 0.3) is 0 Å². The number of carbonyl (C=O) groups excluding carboxylic acids is 1. The van der Waals surface area contributed by atoms with Crippen molar-refractivity contribution in [1.29, 1.82) is 0 Å². The summed E-state index contributed by atoms with van der Waals surface area (Å²) in [6.45, 7) is 0.0779. The van der Waals surface area contributed by atoms with Crippen LogP contribution in [0.5, 0.6) is 0 Å². The predicted molar refractivity (Wildman–Crippen MR) is 68.0 cm³/mol. The van der Waals surface area contributed by atoms with Crippen LogP contribution in [-0.4, -0.2) is 33.0 Å². The highest BCUT2D eigenvalue weighted by atomic mass is 19.4. The lowest BCUT2D eigenvalue weighted by Gasteiger charge is -2.18. The van der Waals surface area contributed by atoms with Crippen molar-refractivity contribution in [1.82, 2.24) is 20.1 Å². The number of benzene rings is 1. The lowest BCUT2D eigenvalue weighted by atomic mass is 10.1. The number of nitrogens with zero attached hydrogens (tertiary/aromatic N) is 3. The van der Waals surface area contributed by atoms with E-state index < -0.39 is 17.6 Å². The minimum atomic E-state index is -4.54. The molecule has 9 heteroatoms. The standard InChI is InChI=1S/C12H12F3N5O/c1-20(5-10-17-6-18-19-10)11(21)8-4-7(12(13,14)15)2-3-9(8)16/h2-4,6H,5,16H2,1H3,(H,17,18,19). The molecule has 112 valence electrons. The van der Waals surface area contributed by atoms with E-state index in [1.54, 1.807) is 0 Å². The molecule has 0 saturated carbocycles. The monoisotopic (exact) mass is 299 g/mol. The van der Waals surface area contributed by atoms with Crippen molar-refractivity contribution in [2.24, 2.45) is 0 Å². The third-order valence-corrected chi connectivity index (χ3v) is 2.81. The third-order valence-electron chi connectivity index (χ3n) is 2.81. The summed E-state index contributed by atoms with van der Waals surface area (Å²) in [5.74, 6) is -0.216. The highest BCUT2D eigenvalue weighted by Gasteiger charge is 2.32. The summed E-state index contributed by atoms with van der Waals surface area (Å²) in [4.78, 5) is 17.2. The Bertz CT molecular complexity index is 639. The summed E-state index contributed by atoms with van der Waals surface area (Å²) in [6.07, 6.45) is -3.27. The number of H-pyrrole nitrogens is 1. The van der Waals surface area contributed by atoms with Crippen LogP contribution in [0.4, 0.5) is 18.9 Å². The lowest BCUT2D eigenvalue weighted by Crippen LogP contribution is -2.28. The average molecular weight is 299 g/mol. The van der Waals surface area contributed by atoms with E-state index in [1.165, 1.54) is 18.3 Å². The Labute approximate surface area is 117 Å². The highest BCUT2D eigenvalue weighted by Crippen LogP contribution is 2.31. The normalized spacial score (nSPS) is 11.4. The zero-order valence-corrected chi connectivity index (χ0v) is 11.0. The molecule has 0 bridgehead atoms. The molecule has 0 aliphatic carbocycles. The van der Waals surface area contributed by atoms with Gasteiger partial charge in [-0.2, -0.15) is 18.3 Å². The van der Waals surface area contributed by atoms with Gasteiger partial charge in [0, 0.05) is 12.7 Å². The van der Waals surface area contributed by atoms with E-state index in [1.807, 2.05) is 0 Å². The number of nitrogens with two attached hydrogens (primary N) is 1. The van der Waals surface area contributed by atoms with Crippen molar-refractivity contribution in [3.05, 3.63) is 41.5 Å². The molecule has 6 nitrogen and oxygen atoms in total. The van der Waals surface area contributed by atoms with Crippen LogP contribution in [0.15, 0.2) is 24.5 Å². The zero-order valence-electron chi connectivity index (χ0n) is 11.0. The van der Waals surface area contributed by atoms with Gasteiger partial charge in [-0.05, 0) is 18.2 Å². The molecule has 1 aromatic carbocycles. The molecule has 0 radical (unpaired) electrons. The van der Waals surface area contributed by atoms with Crippen LogP contribution in [0.2, 0.25) is 0 Å². The number of halogens is 3. The van der Waals surface area contributed by atoms with Gasteiger partial charge in [0.2, 0.25) is 0 Å². The summed E-state index contributed by atoms with van der Waals surface area (Å²) < 4.78 is 38.0. The highest BCUT2D eigenvalue weighted by molar-refractivity contribution is 5.99. The molecule has 1 aromatic heterocycles. The molecule has 0 saturated heterocycles. The van der Waals surface area contributed by atoms with Gasteiger partial charge in [-0.3, -0.25) is 9.89 Å². The maximum absolute atomic E-state index is 12.7. The molecule has 0 aliphatic rings. The first-order valence-corrected chi connectivity index (χ1v) is 5.85. The minimum absolute atomic E-state index is 0.0163. The number of nitrogens with one attached hydrogen (secondary N) is 1. The van der Waals surface area contributed by atoms with Crippen molar-refractivity contribution < 1.29 is 18.0 Å². The summed E-state index contributed by atoms with van der Waals surface area (Å²) in [7, 11) is 1.44. The molecule has 0 fully saturated rings. The zero-order chi connectivity index (χ0) is 15.6. The molecular formula is C12H12F3N5O. The van der Waals surface area contributed by atoms with Crippen LogP contribution >= 0.6 is 0 Å². The van der Waals surface area contributed by atoms with Crippen LogP contribution in [0, 0.1) is 0 Å².